The van der Waals surface area contributed by atoms with Crippen molar-refractivity contribution in [3.8, 4) is 5.75 Å². The molecule has 3 rings (SSSR count). The van der Waals surface area contributed by atoms with Crippen LogP contribution < -0.4 is 4.74 Å². The molecule has 0 saturated carbocycles. The van der Waals surface area contributed by atoms with E-state index >= 15 is 0 Å². The number of hydrogen-bond donors (Lipinski definition) is 1. The van der Waals surface area contributed by atoms with Crippen LogP contribution in [0.4, 0.5) is 0 Å². The van der Waals surface area contributed by atoms with E-state index < -0.39 is 6.10 Å². The standard InChI is InChI=1S/C20H24BrClN2O2/c21-17-3-7-20(8-4-17)26-15-19(25)14-24-11-9-23(10-12-24)13-16-1-5-18(22)6-2-16/h1-8,19,25H,9-15H2/t19-/m0/s1. The van der Waals surface area contributed by atoms with E-state index in [2.05, 4.69) is 37.9 Å². The lowest BCUT2D eigenvalue weighted by atomic mass is 10.2. The number of hydrogen-bond acceptors (Lipinski definition) is 4. The Balaban J connectivity index is 1.36. The lowest BCUT2D eigenvalue weighted by Gasteiger charge is -2.35. The highest BCUT2D eigenvalue weighted by Crippen LogP contribution is 2.16. The topological polar surface area (TPSA) is 35.9 Å². The molecule has 4 nitrogen and oxygen atoms in total. The van der Waals surface area contributed by atoms with Crippen LogP contribution in [0.3, 0.4) is 0 Å². The lowest BCUT2D eigenvalue weighted by Crippen LogP contribution is -2.48. The van der Waals surface area contributed by atoms with Gasteiger partial charge in [0.25, 0.3) is 0 Å². The van der Waals surface area contributed by atoms with Gasteiger partial charge in [-0.2, -0.15) is 0 Å². The number of piperazine rings is 1. The molecule has 1 aliphatic rings. The maximum Gasteiger partial charge on any atom is 0.119 e. The maximum absolute atomic E-state index is 10.2. The van der Waals surface area contributed by atoms with Crippen LogP contribution >= 0.6 is 27.5 Å². The molecule has 0 aromatic heterocycles. The minimum atomic E-state index is -0.485. The molecule has 0 radical (unpaired) electrons. The second kappa shape index (κ2) is 9.72. The molecular formula is C20H24BrClN2O2. The van der Waals surface area contributed by atoms with Gasteiger partial charge in [-0.3, -0.25) is 9.80 Å². The van der Waals surface area contributed by atoms with Crippen molar-refractivity contribution in [2.75, 3.05) is 39.3 Å². The van der Waals surface area contributed by atoms with E-state index in [1.165, 1.54) is 5.56 Å². The summed E-state index contributed by atoms with van der Waals surface area (Å²) >= 11 is 9.34. The zero-order valence-corrected chi connectivity index (χ0v) is 17.0. The number of aliphatic hydroxyl groups is 1. The quantitative estimate of drug-likeness (QED) is 0.714. The number of rotatable bonds is 7. The fourth-order valence-electron chi connectivity index (χ4n) is 3.05. The third-order valence-corrected chi connectivity index (χ3v) is 5.29. The van der Waals surface area contributed by atoms with E-state index in [0.29, 0.717) is 13.2 Å². The van der Waals surface area contributed by atoms with Crippen molar-refractivity contribution in [3.05, 3.63) is 63.6 Å². The Labute approximate surface area is 168 Å². The molecule has 1 saturated heterocycles. The van der Waals surface area contributed by atoms with E-state index in [-0.39, 0.29) is 0 Å². The van der Waals surface area contributed by atoms with Crippen molar-refractivity contribution in [2.45, 2.75) is 12.6 Å². The maximum atomic E-state index is 10.2. The minimum absolute atomic E-state index is 0.312. The lowest BCUT2D eigenvalue weighted by molar-refractivity contribution is 0.0446. The van der Waals surface area contributed by atoms with Gasteiger partial charge in [0.2, 0.25) is 0 Å². The van der Waals surface area contributed by atoms with Crippen LogP contribution in [0.15, 0.2) is 53.0 Å². The molecule has 0 spiro atoms. The molecule has 1 N–H and O–H groups in total. The zero-order valence-electron chi connectivity index (χ0n) is 14.7. The van der Waals surface area contributed by atoms with Crippen molar-refractivity contribution in [1.82, 2.24) is 9.80 Å². The largest absolute Gasteiger partial charge is 0.491 e. The van der Waals surface area contributed by atoms with Crippen molar-refractivity contribution in [2.24, 2.45) is 0 Å². The SMILES string of the molecule is O[C@H](COc1ccc(Br)cc1)CN1CCN(Cc2ccc(Cl)cc2)CC1. The number of benzene rings is 2. The summed E-state index contributed by atoms with van der Waals surface area (Å²) in [6.07, 6.45) is -0.485. The van der Waals surface area contributed by atoms with E-state index in [1.54, 1.807) is 0 Å². The van der Waals surface area contributed by atoms with E-state index in [1.807, 2.05) is 36.4 Å². The number of β-amino-alcohol motifs (C(OH)–C–C–N with tert-alkyl or cyclic N) is 1. The molecule has 2 aromatic carbocycles. The molecule has 6 heteroatoms. The van der Waals surface area contributed by atoms with E-state index in [0.717, 1.165) is 48.0 Å². The molecule has 1 aliphatic heterocycles. The van der Waals surface area contributed by atoms with Gasteiger partial charge in [0.05, 0.1) is 0 Å². The average molecular weight is 440 g/mol. The first-order valence-electron chi connectivity index (χ1n) is 8.84. The summed E-state index contributed by atoms with van der Waals surface area (Å²) in [6, 6.07) is 15.7. The van der Waals surface area contributed by atoms with Gasteiger partial charge in [-0.05, 0) is 42.0 Å². The number of aliphatic hydroxyl groups excluding tert-OH is 1. The van der Waals surface area contributed by atoms with Gasteiger partial charge in [-0.15, -0.1) is 0 Å². The third-order valence-electron chi connectivity index (χ3n) is 4.51. The Morgan fingerprint density at radius 1 is 0.962 bits per heavy atom. The Kier molecular flexibility index (Phi) is 7.34. The molecule has 0 bridgehead atoms. The smallest absolute Gasteiger partial charge is 0.119 e. The molecule has 0 unspecified atom stereocenters. The predicted octanol–water partition coefficient (Wildman–Crippen LogP) is 3.66. The highest BCUT2D eigenvalue weighted by molar-refractivity contribution is 9.10. The molecule has 26 heavy (non-hydrogen) atoms. The summed E-state index contributed by atoms with van der Waals surface area (Å²) < 4.78 is 6.67. The summed E-state index contributed by atoms with van der Waals surface area (Å²) in [4.78, 5) is 4.73. The second-order valence-corrected chi connectivity index (χ2v) is 7.97. The fraction of sp³-hybridized carbons (Fsp3) is 0.400. The summed E-state index contributed by atoms with van der Waals surface area (Å²) in [5.74, 6) is 0.778. The molecule has 2 aromatic rings. The molecule has 1 heterocycles. The van der Waals surface area contributed by atoms with Gasteiger partial charge in [0.1, 0.15) is 18.5 Å². The molecular weight excluding hydrogens is 416 g/mol. The first-order chi connectivity index (χ1) is 12.6. The first-order valence-corrected chi connectivity index (χ1v) is 10.0. The van der Waals surface area contributed by atoms with Crippen LogP contribution in [0, 0.1) is 0 Å². The summed E-state index contributed by atoms with van der Waals surface area (Å²) in [5.41, 5.74) is 1.28. The van der Waals surface area contributed by atoms with Gasteiger partial charge in [-0.1, -0.05) is 39.7 Å². The number of ether oxygens (including phenoxy) is 1. The summed E-state index contributed by atoms with van der Waals surface area (Å²) in [7, 11) is 0. The van der Waals surface area contributed by atoms with Gasteiger partial charge in [-0.25, -0.2) is 0 Å². The van der Waals surface area contributed by atoms with Crippen LogP contribution in [0.1, 0.15) is 5.56 Å². The van der Waals surface area contributed by atoms with E-state index in [9.17, 15) is 5.11 Å². The molecule has 0 aliphatic carbocycles. The Morgan fingerprint density at radius 2 is 1.58 bits per heavy atom. The zero-order chi connectivity index (χ0) is 18.4. The van der Waals surface area contributed by atoms with Crippen LogP contribution in [0.25, 0.3) is 0 Å². The van der Waals surface area contributed by atoms with Crippen LogP contribution in [0.5, 0.6) is 5.75 Å². The van der Waals surface area contributed by atoms with Crippen LogP contribution in [-0.2, 0) is 6.54 Å². The van der Waals surface area contributed by atoms with Gasteiger partial charge in [0.15, 0.2) is 0 Å². The van der Waals surface area contributed by atoms with Crippen molar-refractivity contribution in [3.63, 3.8) is 0 Å². The second-order valence-electron chi connectivity index (χ2n) is 6.62. The van der Waals surface area contributed by atoms with Crippen molar-refractivity contribution < 1.29 is 9.84 Å². The fourth-order valence-corrected chi connectivity index (χ4v) is 3.44. The molecule has 1 atom stereocenters. The Bertz CT molecular complexity index is 673. The molecule has 1 fully saturated rings. The van der Waals surface area contributed by atoms with Crippen LogP contribution in [0.2, 0.25) is 5.02 Å². The summed E-state index contributed by atoms with van der Waals surface area (Å²) in [5, 5.41) is 11.0. The first kappa shape index (κ1) is 19.6. The molecule has 0 amide bonds. The normalized spacial score (nSPS) is 17.2. The Morgan fingerprint density at radius 3 is 2.23 bits per heavy atom. The van der Waals surface area contributed by atoms with E-state index in [4.69, 9.17) is 16.3 Å². The van der Waals surface area contributed by atoms with Crippen LogP contribution in [-0.4, -0.2) is 60.3 Å². The number of nitrogens with zero attached hydrogens (tertiary/aromatic N) is 2. The average Bonchev–Trinajstić information content (AvgIpc) is 2.65. The highest BCUT2D eigenvalue weighted by Gasteiger charge is 2.19. The van der Waals surface area contributed by atoms with Gasteiger partial charge in [0, 0.05) is 48.8 Å². The highest BCUT2D eigenvalue weighted by atomic mass is 79.9. The van der Waals surface area contributed by atoms with Gasteiger partial charge < -0.3 is 9.84 Å². The minimum Gasteiger partial charge on any atom is -0.491 e. The van der Waals surface area contributed by atoms with Crippen molar-refractivity contribution >= 4 is 27.5 Å². The third kappa shape index (κ3) is 6.25. The van der Waals surface area contributed by atoms with Crippen molar-refractivity contribution in [1.29, 1.82) is 0 Å². The number of halogens is 2. The summed E-state index contributed by atoms with van der Waals surface area (Å²) in [6.45, 7) is 5.83. The monoisotopic (exact) mass is 438 g/mol. The molecule has 140 valence electrons. The Hall–Kier alpha value is -1.11. The van der Waals surface area contributed by atoms with Gasteiger partial charge >= 0.3 is 0 Å². The predicted molar refractivity (Wildman–Crippen MR) is 109 cm³/mol.